The number of likely N-dealkylation sites (N-methyl/N-ethyl adjacent to an activating group) is 1. The molecule has 2 N–H and O–H groups in total. The van der Waals surface area contributed by atoms with Crippen LogP contribution in [-0.4, -0.2) is 32.7 Å². The van der Waals surface area contributed by atoms with Crippen molar-refractivity contribution >= 4 is 11.4 Å². The van der Waals surface area contributed by atoms with Crippen LogP contribution >= 0.6 is 0 Å². The summed E-state index contributed by atoms with van der Waals surface area (Å²) in [6.45, 7) is 3.44. The summed E-state index contributed by atoms with van der Waals surface area (Å²) < 4.78 is 0. The van der Waals surface area contributed by atoms with E-state index in [1.807, 2.05) is 0 Å². The van der Waals surface area contributed by atoms with E-state index in [-0.39, 0.29) is 0 Å². The number of fused-ring (bicyclic) bond motifs is 1. The molecule has 1 aliphatic carbocycles. The van der Waals surface area contributed by atoms with Crippen LogP contribution in [0.5, 0.6) is 0 Å². The molecular weight excluding hydrogens is 234 g/mol. The monoisotopic (exact) mass is 259 g/mol. The lowest BCUT2D eigenvalue weighted by Crippen LogP contribution is -2.43. The molecule has 3 nitrogen and oxygen atoms in total. The lowest BCUT2D eigenvalue weighted by atomic mass is 9.85. The molecule has 1 aromatic carbocycles. The maximum Gasteiger partial charge on any atom is 0.0604 e. The highest BCUT2D eigenvalue weighted by Gasteiger charge is 2.25. The van der Waals surface area contributed by atoms with Crippen molar-refractivity contribution in [2.24, 2.45) is 11.7 Å². The Morgan fingerprint density at radius 1 is 1.16 bits per heavy atom. The first-order valence-corrected chi connectivity index (χ1v) is 7.55. The van der Waals surface area contributed by atoms with Crippen molar-refractivity contribution in [3.05, 3.63) is 24.3 Å². The van der Waals surface area contributed by atoms with Gasteiger partial charge in [-0.2, -0.15) is 0 Å². The van der Waals surface area contributed by atoms with Crippen molar-refractivity contribution < 1.29 is 0 Å². The fourth-order valence-electron chi connectivity index (χ4n) is 3.57. The summed E-state index contributed by atoms with van der Waals surface area (Å²) in [5.74, 6) is 0.778. The zero-order valence-corrected chi connectivity index (χ0v) is 11.9. The van der Waals surface area contributed by atoms with E-state index in [0.29, 0.717) is 6.04 Å². The Balaban J connectivity index is 1.73. The average molecular weight is 259 g/mol. The molecular formula is C16H25N3. The normalized spacial score (nSPS) is 27.3. The quantitative estimate of drug-likeness (QED) is 0.885. The maximum absolute atomic E-state index is 6.12. The maximum atomic E-state index is 6.12. The van der Waals surface area contributed by atoms with Crippen LogP contribution in [-0.2, 0) is 0 Å². The Bertz CT molecular complexity index is 432. The van der Waals surface area contributed by atoms with E-state index < -0.39 is 0 Å². The van der Waals surface area contributed by atoms with E-state index in [0.717, 1.165) is 19.0 Å². The first kappa shape index (κ1) is 12.8. The number of benzene rings is 1. The predicted octanol–water partition coefficient (Wildman–Crippen LogP) is 2.46. The first-order chi connectivity index (χ1) is 9.24. The van der Waals surface area contributed by atoms with Crippen molar-refractivity contribution in [1.29, 1.82) is 0 Å². The number of nitrogens with zero attached hydrogens (tertiary/aromatic N) is 2. The Labute approximate surface area is 116 Å². The Hall–Kier alpha value is -1.22. The van der Waals surface area contributed by atoms with Gasteiger partial charge < -0.3 is 15.5 Å². The van der Waals surface area contributed by atoms with Gasteiger partial charge in [0.15, 0.2) is 0 Å². The van der Waals surface area contributed by atoms with Crippen LogP contribution in [0.3, 0.4) is 0 Å². The minimum absolute atomic E-state index is 0.432. The molecule has 1 heterocycles. The van der Waals surface area contributed by atoms with Crippen molar-refractivity contribution in [3.8, 4) is 0 Å². The Morgan fingerprint density at radius 2 is 1.95 bits per heavy atom. The van der Waals surface area contributed by atoms with Crippen molar-refractivity contribution in [2.75, 3.05) is 36.5 Å². The molecule has 3 heteroatoms. The number of nitrogens with two attached hydrogens (primary N) is 1. The molecule has 1 fully saturated rings. The number of hydrogen-bond acceptors (Lipinski definition) is 3. The predicted molar refractivity (Wildman–Crippen MR) is 81.9 cm³/mol. The SMILES string of the molecule is CN1CCN(CC2CCCC(N)C2)c2ccccc21. The van der Waals surface area contributed by atoms with E-state index in [9.17, 15) is 0 Å². The zero-order chi connectivity index (χ0) is 13.2. The highest BCUT2D eigenvalue weighted by molar-refractivity contribution is 5.73. The molecule has 0 amide bonds. The first-order valence-electron chi connectivity index (χ1n) is 7.55. The van der Waals surface area contributed by atoms with E-state index in [4.69, 9.17) is 5.73 Å². The summed E-state index contributed by atoms with van der Waals surface area (Å²) in [6.07, 6.45) is 5.08. The molecule has 104 valence electrons. The molecule has 1 saturated carbocycles. The second-order valence-corrected chi connectivity index (χ2v) is 6.15. The van der Waals surface area contributed by atoms with Crippen molar-refractivity contribution in [1.82, 2.24) is 0 Å². The molecule has 0 spiro atoms. The molecule has 0 saturated heterocycles. The van der Waals surface area contributed by atoms with Gasteiger partial charge in [-0.15, -0.1) is 0 Å². The largest absolute Gasteiger partial charge is 0.371 e. The lowest BCUT2D eigenvalue weighted by molar-refractivity contribution is 0.323. The lowest BCUT2D eigenvalue weighted by Gasteiger charge is -2.40. The molecule has 0 radical (unpaired) electrons. The third-order valence-corrected chi connectivity index (χ3v) is 4.64. The standard InChI is InChI=1S/C16H25N3/c1-18-9-10-19(16-8-3-2-7-15(16)18)12-13-5-4-6-14(17)11-13/h2-3,7-8,13-14H,4-6,9-12,17H2,1H3. The molecule has 2 aliphatic rings. The molecule has 0 aromatic heterocycles. The van der Waals surface area contributed by atoms with Crippen molar-refractivity contribution in [2.45, 2.75) is 31.7 Å². The molecule has 2 atom stereocenters. The molecule has 0 bridgehead atoms. The van der Waals surface area contributed by atoms with Crippen molar-refractivity contribution in [3.63, 3.8) is 0 Å². The van der Waals surface area contributed by atoms with Crippen LogP contribution < -0.4 is 15.5 Å². The van der Waals surface area contributed by atoms with Crippen LogP contribution in [0.15, 0.2) is 24.3 Å². The molecule has 3 rings (SSSR count). The van der Waals surface area contributed by atoms with Gasteiger partial charge >= 0.3 is 0 Å². The van der Waals surface area contributed by atoms with Gasteiger partial charge in [0.25, 0.3) is 0 Å². The third kappa shape index (κ3) is 2.71. The average Bonchev–Trinajstić information content (AvgIpc) is 2.42. The number of anilines is 2. The van der Waals surface area contributed by atoms with Gasteiger partial charge in [0, 0.05) is 32.7 Å². The third-order valence-electron chi connectivity index (χ3n) is 4.64. The van der Waals surface area contributed by atoms with E-state index >= 15 is 0 Å². The summed E-state index contributed by atoms with van der Waals surface area (Å²) in [4.78, 5) is 4.93. The summed E-state index contributed by atoms with van der Waals surface area (Å²) in [5.41, 5.74) is 8.89. The van der Waals surface area contributed by atoms with Crippen LogP contribution in [0.1, 0.15) is 25.7 Å². The minimum atomic E-state index is 0.432. The molecule has 1 aromatic rings. The highest BCUT2D eigenvalue weighted by atomic mass is 15.2. The van der Waals surface area contributed by atoms with Gasteiger partial charge in [0.2, 0.25) is 0 Å². The van der Waals surface area contributed by atoms with Gasteiger partial charge in [-0.25, -0.2) is 0 Å². The summed E-state index contributed by atoms with van der Waals surface area (Å²) in [7, 11) is 2.19. The summed E-state index contributed by atoms with van der Waals surface area (Å²) in [6, 6.07) is 9.20. The van der Waals surface area contributed by atoms with Gasteiger partial charge in [-0.3, -0.25) is 0 Å². The number of para-hydroxylation sites is 2. The van der Waals surface area contributed by atoms with Crippen LogP contribution in [0, 0.1) is 5.92 Å². The topological polar surface area (TPSA) is 32.5 Å². The van der Waals surface area contributed by atoms with Gasteiger partial charge in [-0.1, -0.05) is 18.6 Å². The van der Waals surface area contributed by atoms with E-state index in [1.54, 1.807) is 0 Å². The highest BCUT2D eigenvalue weighted by Crippen LogP contribution is 2.34. The second kappa shape index (κ2) is 5.41. The Kier molecular flexibility index (Phi) is 3.65. The minimum Gasteiger partial charge on any atom is -0.371 e. The Morgan fingerprint density at radius 3 is 2.74 bits per heavy atom. The van der Waals surface area contributed by atoms with Crippen LogP contribution in [0.4, 0.5) is 11.4 Å². The smallest absolute Gasteiger partial charge is 0.0604 e. The van der Waals surface area contributed by atoms with Gasteiger partial charge in [-0.05, 0) is 37.3 Å². The van der Waals surface area contributed by atoms with Crippen LogP contribution in [0.25, 0.3) is 0 Å². The molecule has 1 aliphatic heterocycles. The fraction of sp³-hybridized carbons (Fsp3) is 0.625. The van der Waals surface area contributed by atoms with E-state index in [2.05, 4.69) is 41.1 Å². The molecule has 2 unspecified atom stereocenters. The summed E-state index contributed by atoms with van der Waals surface area (Å²) in [5, 5.41) is 0. The second-order valence-electron chi connectivity index (χ2n) is 6.15. The van der Waals surface area contributed by atoms with Gasteiger partial charge in [0.05, 0.1) is 11.4 Å². The number of hydrogen-bond donors (Lipinski definition) is 1. The van der Waals surface area contributed by atoms with Gasteiger partial charge in [0.1, 0.15) is 0 Å². The van der Waals surface area contributed by atoms with Crippen LogP contribution in [0.2, 0.25) is 0 Å². The van der Waals surface area contributed by atoms with E-state index in [1.165, 1.54) is 43.6 Å². The number of rotatable bonds is 2. The molecule has 19 heavy (non-hydrogen) atoms. The zero-order valence-electron chi connectivity index (χ0n) is 11.9. The summed E-state index contributed by atoms with van der Waals surface area (Å²) >= 11 is 0. The fourth-order valence-corrected chi connectivity index (χ4v) is 3.57.